The van der Waals surface area contributed by atoms with Gasteiger partial charge in [-0.25, -0.2) is 8.42 Å². The topological polar surface area (TPSA) is 76.4 Å². The number of sulfonamides is 1. The van der Waals surface area contributed by atoms with Crippen molar-refractivity contribution in [2.45, 2.75) is 31.1 Å². The molecule has 0 saturated heterocycles. The van der Waals surface area contributed by atoms with Crippen molar-refractivity contribution in [1.82, 2.24) is 14.6 Å². The average molecular weight is 409 g/mol. The maximum atomic E-state index is 12.7. The lowest BCUT2D eigenvalue weighted by Crippen LogP contribution is -2.15. The highest BCUT2D eigenvalue weighted by molar-refractivity contribution is 9.10. The van der Waals surface area contributed by atoms with E-state index in [0.717, 1.165) is 10.0 Å². The van der Waals surface area contributed by atoms with Crippen LogP contribution in [0.25, 0.3) is 5.65 Å². The van der Waals surface area contributed by atoms with E-state index in [-0.39, 0.29) is 10.3 Å². The molecule has 6 nitrogen and oxygen atoms in total. The summed E-state index contributed by atoms with van der Waals surface area (Å²) >= 11 is 3.35. The highest BCUT2D eigenvalue weighted by atomic mass is 79.9. The largest absolute Gasteiger partial charge is 0.286 e. The third kappa shape index (κ3) is 3.29. The number of hydrogen-bond acceptors (Lipinski definition) is 4. The molecule has 24 heavy (non-hydrogen) atoms. The number of rotatable bonds is 3. The molecule has 3 aromatic rings. The van der Waals surface area contributed by atoms with E-state index in [1.807, 2.05) is 12.1 Å². The number of aromatic nitrogens is 3. The van der Waals surface area contributed by atoms with Crippen LogP contribution in [0.1, 0.15) is 26.3 Å². The van der Waals surface area contributed by atoms with Crippen molar-refractivity contribution in [2.24, 2.45) is 0 Å². The lowest BCUT2D eigenvalue weighted by Gasteiger charge is -2.19. The summed E-state index contributed by atoms with van der Waals surface area (Å²) in [5, 5.41) is 7.75. The van der Waals surface area contributed by atoms with Gasteiger partial charge in [-0.2, -0.15) is 0 Å². The first kappa shape index (κ1) is 16.9. The average Bonchev–Trinajstić information content (AvgIpc) is 2.94. The summed E-state index contributed by atoms with van der Waals surface area (Å²) < 4.78 is 30.3. The number of halogens is 1. The molecule has 0 atom stereocenters. The molecule has 3 rings (SSSR count). The molecule has 0 radical (unpaired) electrons. The fourth-order valence-corrected chi connectivity index (χ4v) is 3.82. The molecule has 0 bridgehead atoms. The standard InChI is InChI=1S/C16H17BrN4O2S/c1-16(2,3)11-4-6-13(7-5-11)24(22,23)20-14-8-12(17)9-21-10-18-19-15(14)21/h4-10,20H,1-3H3. The summed E-state index contributed by atoms with van der Waals surface area (Å²) in [5.74, 6) is 0. The van der Waals surface area contributed by atoms with Crippen molar-refractivity contribution in [2.75, 3.05) is 4.72 Å². The minimum Gasteiger partial charge on any atom is -0.286 e. The van der Waals surface area contributed by atoms with Crippen molar-refractivity contribution in [3.8, 4) is 0 Å². The molecule has 2 aromatic heterocycles. The number of benzene rings is 1. The summed E-state index contributed by atoms with van der Waals surface area (Å²) in [4.78, 5) is 0.202. The maximum Gasteiger partial charge on any atom is 0.262 e. The van der Waals surface area contributed by atoms with Crippen molar-refractivity contribution >= 4 is 37.3 Å². The molecule has 0 aliphatic rings. The molecule has 1 N–H and O–H groups in total. The molecule has 2 heterocycles. The Labute approximate surface area is 149 Å². The van der Waals surface area contributed by atoms with E-state index in [2.05, 4.69) is 51.6 Å². The molecule has 0 fully saturated rings. The van der Waals surface area contributed by atoms with Gasteiger partial charge < -0.3 is 0 Å². The Hall–Kier alpha value is -1.93. The Bertz CT molecular complexity index is 989. The van der Waals surface area contributed by atoms with Crippen molar-refractivity contribution < 1.29 is 8.42 Å². The van der Waals surface area contributed by atoms with E-state index >= 15 is 0 Å². The first-order valence-electron chi connectivity index (χ1n) is 7.29. The van der Waals surface area contributed by atoms with Crippen LogP contribution >= 0.6 is 15.9 Å². The van der Waals surface area contributed by atoms with Crippen LogP contribution < -0.4 is 4.72 Å². The molecule has 0 amide bonds. The minimum atomic E-state index is -3.71. The number of hydrogen-bond donors (Lipinski definition) is 1. The van der Waals surface area contributed by atoms with Gasteiger partial charge in [0.25, 0.3) is 10.0 Å². The Kier molecular flexibility index (Phi) is 4.13. The molecular weight excluding hydrogens is 392 g/mol. The normalized spacial score (nSPS) is 12.5. The van der Waals surface area contributed by atoms with Crippen LogP contribution in [0.4, 0.5) is 5.69 Å². The van der Waals surface area contributed by atoms with E-state index in [1.165, 1.54) is 6.33 Å². The Morgan fingerprint density at radius 1 is 1.17 bits per heavy atom. The number of pyridine rings is 1. The van der Waals surface area contributed by atoms with Crippen LogP contribution in [0.3, 0.4) is 0 Å². The molecule has 0 unspecified atom stereocenters. The molecule has 0 spiro atoms. The van der Waals surface area contributed by atoms with Gasteiger partial charge in [0.05, 0.1) is 10.6 Å². The van der Waals surface area contributed by atoms with E-state index in [1.54, 1.807) is 28.8 Å². The van der Waals surface area contributed by atoms with Gasteiger partial charge in [0.1, 0.15) is 6.33 Å². The number of anilines is 1. The molecular formula is C16H17BrN4O2S. The van der Waals surface area contributed by atoms with Gasteiger partial charge in [-0.1, -0.05) is 32.9 Å². The highest BCUT2D eigenvalue weighted by Gasteiger charge is 2.19. The third-order valence-corrected chi connectivity index (χ3v) is 5.45. The van der Waals surface area contributed by atoms with Crippen molar-refractivity contribution in [1.29, 1.82) is 0 Å². The van der Waals surface area contributed by atoms with E-state index in [4.69, 9.17) is 0 Å². The molecule has 0 aliphatic carbocycles. The fraction of sp³-hybridized carbons (Fsp3) is 0.250. The Morgan fingerprint density at radius 3 is 2.46 bits per heavy atom. The second-order valence-corrected chi connectivity index (χ2v) is 9.11. The smallest absolute Gasteiger partial charge is 0.262 e. The Morgan fingerprint density at radius 2 is 1.83 bits per heavy atom. The first-order valence-corrected chi connectivity index (χ1v) is 9.57. The zero-order valence-corrected chi connectivity index (χ0v) is 15.9. The van der Waals surface area contributed by atoms with Gasteiger partial charge >= 0.3 is 0 Å². The summed E-state index contributed by atoms with van der Waals surface area (Å²) in [6.45, 7) is 6.24. The van der Waals surface area contributed by atoms with Crippen LogP contribution in [0, 0.1) is 0 Å². The number of nitrogens with one attached hydrogen (secondary N) is 1. The number of fused-ring (bicyclic) bond motifs is 1. The molecule has 1 aromatic carbocycles. The van der Waals surface area contributed by atoms with Gasteiger partial charge in [-0.05, 0) is 45.1 Å². The first-order chi connectivity index (χ1) is 11.2. The summed E-state index contributed by atoms with van der Waals surface area (Å²) in [6.07, 6.45) is 3.27. The van der Waals surface area contributed by atoms with Gasteiger partial charge in [0, 0.05) is 10.7 Å². The maximum absolute atomic E-state index is 12.7. The van der Waals surface area contributed by atoms with Gasteiger partial charge in [0.2, 0.25) is 0 Å². The predicted octanol–water partition coefficient (Wildman–Crippen LogP) is 3.59. The Balaban J connectivity index is 1.97. The minimum absolute atomic E-state index is 0.0340. The predicted molar refractivity (Wildman–Crippen MR) is 96.6 cm³/mol. The van der Waals surface area contributed by atoms with Gasteiger partial charge in [-0.3, -0.25) is 9.12 Å². The molecule has 126 valence electrons. The second kappa shape index (κ2) is 5.86. The van der Waals surface area contributed by atoms with Crippen LogP contribution in [-0.2, 0) is 15.4 Å². The van der Waals surface area contributed by atoms with Gasteiger partial charge in [-0.15, -0.1) is 10.2 Å². The zero-order valence-electron chi connectivity index (χ0n) is 13.5. The lowest BCUT2D eigenvalue weighted by molar-refractivity contribution is 0.587. The highest BCUT2D eigenvalue weighted by Crippen LogP contribution is 2.26. The van der Waals surface area contributed by atoms with E-state index < -0.39 is 10.0 Å². The van der Waals surface area contributed by atoms with Gasteiger partial charge in [0.15, 0.2) is 5.65 Å². The lowest BCUT2D eigenvalue weighted by atomic mass is 9.87. The van der Waals surface area contributed by atoms with E-state index in [0.29, 0.717) is 11.3 Å². The SMILES string of the molecule is CC(C)(C)c1ccc(S(=O)(=O)Nc2cc(Br)cn3cnnc23)cc1. The summed E-state index contributed by atoms with van der Waals surface area (Å²) in [6, 6.07) is 8.55. The monoisotopic (exact) mass is 408 g/mol. The van der Waals surface area contributed by atoms with Crippen LogP contribution in [0.5, 0.6) is 0 Å². The van der Waals surface area contributed by atoms with Crippen molar-refractivity contribution in [3.63, 3.8) is 0 Å². The fourth-order valence-electron chi connectivity index (χ4n) is 2.32. The van der Waals surface area contributed by atoms with Crippen LogP contribution in [0.15, 0.2) is 52.2 Å². The molecule has 0 aliphatic heterocycles. The van der Waals surface area contributed by atoms with Crippen LogP contribution in [0.2, 0.25) is 0 Å². The quantitative estimate of drug-likeness (QED) is 0.718. The zero-order chi connectivity index (χ0) is 17.5. The molecule has 0 saturated carbocycles. The number of nitrogens with zero attached hydrogens (tertiary/aromatic N) is 3. The van der Waals surface area contributed by atoms with Crippen molar-refractivity contribution in [3.05, 3.63) is 52.9 Å². The third-order valence-electron chi connectivity index (χ3n) is 3.63. The van der Waals surface area contributed by atoms with Crippen LogP contribution in [-0.4, -0.2) is 23.0 Å². The van der Waals surface area contributed by atoms with E-state index in [9.17, 15) is 8.42 Å². The summed E-state index contributed by atoms with van der Waals surface area (Å²) in [5.41, 5.74) is 1.84. The second-order valence-electron chi connectivity index (χ2n) is 6.51. The summed E-state index contributed by atoms with van der Waals surface area (Å²) in [7, 11) is -3.71. The molecule has 8 heteroatoms.